The summed E-state index contributed by atoms with van der Waals surface area (Å²) in [6.45, 7) is 5.69. The van der Waals surface area contributed by atoms with Crippen LogP contribution in [-0.2, 0) is 42.9 Å². The highest BCUT2D eigenvalue weighted by atomic mass is 16.7. The summed E-state index contributed by atoms with van der Waals surface area (Å²) < 4.78 is 28.4. The van der Waals surface area contributed by atoms with Gasteiger partial charge in [0, 0.05) is 19.3 Å². The zero-order valence-electron chi connectivity index (χ0n) is 47.9. The van der Waals surface area contributed by atoms with Crippen molar-refractivity contribution in [2.24, 2.45) is 0 Å². The highest BCUT2D eigenvalue weighted by Crippen LogP contribution is 2.26. The fraction of sp³-hybridized carbons (Fsp3) is 0.662. The molecule has 1 heterocycles. The molecule has 1 fully saturated rings. The maximum atomic E-state index is 13.2. The van der Waals surface area contributed by atoms with Gasteiger partial charge in [0.1, 0.15) is 18.8 Å². The summed E-state index contributed by atoms with van der Waals surface area (Å²) in [4.78, 5) is 51.1. The maximum absolute atomic E-state index is 13.2. The van der Waals surface area contributed by atoms with Crippen LogP contribution >= 0.6 is 0 Å². The van der Waals surface area contributed by atoms with Crippen LogP contribution in [0.3, 0.4) is 0 Å². The molecule has 0 aromatic heterocycles. The number of hydrogen-bond acceptors (Lipinski definition) is 11. The quantitative estimate of drug-likeness (QED) is 0.0228. The molecular formula is C65H104O12. The molecule has 436 valence electrons. The fourth-order valence-electron chi connectivity index (χ4n) is 8.34. The normalized spacial score (nSPS) is 18.8. The molecule has 0 saturated carbocycles. The summed E-state index contributed by atoms with van der Waals surface area (Å²) in [7, 11) is 0. The third-order valence-corrected chi connectivity index (χ3v) is 12.8. The number of rotatable bonds is 49. The van der Waals surface area contributed by atoms with E-state index in [0.717, 1.165) is 109 Å². The van der Waals surface area contributed by atoms with Crippen LogP contribution < -0.4 is 0 Å². The fourth-order valence-corrected chi connectivity index (χ4v) is 8.34. The molecule has 0 bridgehead atoms. The Morgan fingerprint density at radius 2 is 0.831 bits per heavy atom. The SMILES string of the molecule is CC/C=C\C/C=C\C/C=C\C/C=C\C/C=C\CCCC(=O)OCC(COC1OC(C(=O)O)C(O)C(O)C1OC(=O)CCCCCCCCCCCCCCC)OC(=O)CCCCCC/C=C\C/C=C\C/C=C\C/C=C\CC. The second kappa shape index (κ2) is 52.1. The van der Waals surface area contributed by atoms with Crippen LogP contribution in [0.4, 0.5) is 0 Å². The van der Waals surface area contributed by atoms with Crippen LogP contribution in [0.1, 0.15) is 226 Å². The number of allylic oxidation sites excluding steroid dienone is 18. The summed E-state index contributed by atoms with van der Waals surface area (Å²) in [5.41, 5.74) is 0. The molecule has 1 saturated heterocycles. The number of hydrogen-bond donors (Lipinski definition) is 3. The van der Waals surface area contributed by atoms with E-state index in [0.29, 0.717) is 25.7 Å². The molecule has 12 heteroatoms. The predicted molar refractivity (Wildman–Crippen MR) is 312 cm³/mol. The summed E-state index contributed by atoms with van der Waals surface area (Å²) in [5, 5.41) is 31.5. The number of carboxylic acids is 1. The first-order valence-corrected chi connectivity index (χ1v) is 29.9. The average molecular weight is 1080 g/mol. The number of aliphatic hydroxyl groups is 2. The zero-order valence-corrected chi connectivity index (χ0v) is 47.9. The van der Waals surface area contributed by atoms with Gasteiger partial charge in [0.15, 0.2) is 24.6 Å². The van der Waals surface area contributed by atoms with Gasteiger partial charge < -0.3 is 39.0 Å². The number of unbranched alkanes of at least 4 members (excludes halogenated alkanes) is 17. The largest absolute Gasteiger partial charge is 0.479 e. The Hall–Kier alpha value is -4.62. The van der Waals surface area contributed by atoms with Crippen LogP contribution in [0.5, 0.6) is 0 Å². The Morgan fingerprint density at radius 1 is 0.442 bits per heavy atom. The molecule has 1 aliphatic rings. The molecule has 0 aromatic rings. The Labute approximate surface area is 465 Å². The molecule has 0 amide bonds. The standard InChI is InChI=1S/C65H104O12/c1-4-7-10-13-16-19-22-25-27-29-31-34-36-39-42-45-48-51-57(66)73-54-56(75-58(67)52-49-46-43-40-38-35-32-30-28-26-23-20-17-14-11-8-5-2)55-74-65-63(61(70)60(69)62(77-65)64(71)72)76-59(68)53-50-47-44-41-37-33-24-21-18-15-12-9-6-3/h7-8,10-11,16-17,19-20,25-28,31-32,34-35,39,42,56,60-63,65,69-70H,4-6,9,12-15,18,21-24,29-30,33,36-38,40-41,43-55H2,1-3H3,(H,71,72)/b10-7-,11-8-,19-16-,20-17-,27-25-,28-26-,34-31-,35-32-,42-39-. The topological polar surface area (TPSA) is 175 Å². The van der Waals surface area contributed by atoms with E-state index >= 15 is 0 Å². The van der Waals surface area contributed by atoms with Crippen LogP contribution in [0, 0.1) is 0 Å². The van der Waals surface area contributed by atoms with Crippen LogP contribution in [0.15, 0.2) is 109 Å². The van der Waals surface area contributed by atoms with E-state index in [1.54, 1.807) is 0 Å². The summed E-state index contributed by atoms with van der Waals surface area (Å²) >= 11 is 0. The van der Waals surface area contributed by atoms with Crippen molar-refractivity contribution < 1.29 is 58.2 Å². The van der Waals surface area contributed by atoms with Gasteiger partial charge in [0.05, 0.1) is 6.61 Å². The van der Waals surface area contributed by atoms with Gasteiger partial charge in [-0.2, -0.15) is 0 Å². The minimum atomic E-state index is -1.92. The van der Waals surface area contributed by atoms with E-state index in [2.05, 4.69) is 124 Å². The Balaban J connectivity index is 2.75. The number of aliphatic carboxylic acids is 1. The van der Waals surface area contributed by atoms with Crippen molar-refractivity contribution >= 4 is 23.9 Å². The zero-order chi connectivity index (χ0) is 56.1. The first-order chi connectivity index (χ1) is 37.6. The molecule has 6 atom stereocenters. The van der Waals surface area contributed by atoms with E-state index in [-0.39, 0.29) is 25.9 Å². The molecule has 0 spiro atoms. The van der Waals surface area contributed by atoms with Gasteiger partial charge in [-0.25, -0.2) is 4.79 Å². The van der Waals surface area contributed by atoms with Gasteiger partial charge in [-0.05, 0) is 96.3 Å². The van der Waals surface area contributed by atoms with Crippen molar-refractivity contribution in [1.82, 2.24) is 0 Å². The Morgan fingerprint density at radius 3 is 1.29 bits per heavy atom. The third-order valence-electron chi connectivity index (χ3n) is 12.8. The number of carbonyl (C=O) groups excluding carboxylic acids is 3. The second-order valence-corrected chi connectivity index (χ2v) is 19.9. The van der Waals surface area contributed by atoms with Gasteiger partial charge in [-0.1, -0.05) is 220 Å². The van der Waals surface area contributed by atoms with Gasteiger partial charge >= 0.3 is 23.9 Å². The molecule has 12 nitrogen and oxygen atoms in total. The molecule has 0 aliphatic carbocycles. The minimum Gasteiger partial charge on any atom is -0.479 e. The summed E-state index contributed by atoms with van der Waals surface area (Å²) in [5.74, 6) is -3.24. The molecule has 0 aromatic carbocycles. The van der Waals surface area contributed by atoms with Crippen molar-refractivity contribution in [3.8, 4) is 0 Å². The Kier molecular flexibility index (Phi) is 47.6. The van der Waals surface area contributed by atoms with Crippen LogP contribution in [-0.4, -0.2) is 89.2 Å². The van der Waals surface area contributed by atoms with Crippen molar-refractivity contribution in [2.45, 2.75) is 263 Å². The highest BCUT2D eigenvalue weighted by molar-refractivity contribution is 5.74. The number of esters is 3. The molecule has 1 aliphatic heterocycles. The number of aliphatic hydroxyl groups excluding tert-OH is 2. The van der Waals surface area contributed by atoms with Crippen LogP contribution in [0.25, 0.3) is 0 Å². The summed E-state index contributed by atoms with van der Waals surface area (Å²) in [6.07, 6.45) is 57.7. The lowest BCUT2D eigenvalue weighted by atomic mass is 9.98. The lowest BCUT2D eigenvalue weighted by Gasteiger charge is -2.40. The second-order valence-electron chi connectivity index (χ2n) is 19.9. The monoisotopic (exact) mass is 1080 g/mol. The highest BCUT2D eigenvalue weighted by Gasteiger charge is 2.50. The van der Waals surface area contributed by atoms with Crippen molar-refractivity contribution in [3.63, 3.8) is 0 Å². The molecular weight excluding hydrogens is 973 g/mol. The van der Waals surface area contributed by atoms with E-state index in [4.69, 9.17) is 23.7 Å². The molecule has 1 rings (SSSR count). The number of ether oxygens (including phenoxy) is 5. The lowest BCUT2D eigenvalue weighted by molar-refractivity contribution is -0.301. The summed E-state index contributed by atoms with van der Waals surface area (Å²) in [6, 6.07) is 0. The van der Waals surface area contributed by atoms with Gasteiger partial charge in [0.2, 0.25) is 0 Å². The molecule has 6 unspecified atom stereocenters. The lowest BCUT2D eigenvalue weighted by Crippen LogP contribution is -2.61. The molecule has 77 heavy (non-hydrogen) atoms. The van der Waals surface area contributed by atoms with E-state index in [1.807, 2.05) is 6.08 Å². The Bertz CT molecular complexity index is 1750. The van der Waals surface area contributed by atoms with Gasteiger partial charge in [-0.3, -0.25) is 14.4 Å². The van der Waals surface area contributed by atoms with Crippen molar-refractivity contribution in [1.29, 1.82) is 0 Å². The molecule has 0 radical (unpaired) electrons. The average Bonchev–Trinajstić information content (AvgIpc) is 3.42. The van der Waals surface area contributed by atoms with E-state index in [1.165, 1.54) is 51.4 Å². The predicted octanol–water partition coefficient (Wildman–Crippen LogP) is 15.4. The van der Waals surface area contributed by atoms with Crippen molar-refractivity contribution in [2.75, 3.05) is 13.2 Å². The van der Waals surface area contributed by atoms with E-state index in [9.17, 15) is 34.5 Å². The first kappa shape index (κ1) is 70.4. The minimum absolute atomic E-state index is 0.0495. The smallest absolute Gasteiger partial charge is 0.335 e. The van der Waals surface area contributed by atoms with Gasteiger partial charge in [0.25, 0.3) is 0 Å². The van der Waals surface area contributed by atoms with Gasteiger partial charge in [-0.15, -0.1) is 0 Å². The third kappa shape index (κ3) is 42.1. The van der Waals surface area contributed by atoms with E-state index < -0.39 is 67.3 Å². The number of carbonyl (C=O) groups is 4. The molecule has 3 N–H and O–H groups in total. The first-order valence-electron chi connectivity index (χ1n) is 29.9. The maximum Gasteiger partial charge on any atom is 0.335 e. The van der Waals surface area contributed by atoms with Crippen molar-refractivity contribution in [3.05, 3.63) is 109 Å². The number of carboxylic acid groups (broad SMARTS) is 1. The van der Waals surface area contributed by atoms with Crippen LogP contribution in [0.2, 0.25) is 0 Å².